The number of rotatable bonds is 5. The third kappa shape index (κ3) is 3.43. The number of carboxylic acid groups (broad SMARTS) is 1. The Morgan fingerprint density at radius 1 is 1.43 bits per heavy atom. The van der Waals surface area contributed by atoms with Crippen molar-refractivity contribution >= 4 is 17.8 Å². The minimum atomic E-state index is -0.774. The molecule has 6 nitrogen and oxygen atoms in total. The topological polar surface area (TPSA) is 77.9 Å². The summed E-state index contributed by atoms with van der Waals surface area (Å²) in [6.45, 7) is 5.74. The summed E-state index contributed by atoms with van der Waals surface area (Å²) < 4.78 is 0. The molecule has 0 bridgehead atoms. The fourth-order valence-electron chi connectivity index (χ4n) is 3.51. The van der Waals surface area contributed by atoms with E-state index in [1.165, 1.54) is 4.90 Å². The molecule has 0 aromatic carbocycles. The lowest BCUT2D eigenvalue weighted by atomic mass is 9.84. The summed E-state index contributed by atoms with van der Waals surface area (Å²) in [4.78, 5) is 38.4. The Morgan fingerprint density at radius 2 is 2.14 bits per heavy atom. The predicted molar refractivity (Wildman–Crippen MR) is 76.5 cm³/mol. The first-order valence-corrected chi connectivity index (χ1v) is 7.74. The van der Waals surface area contributed by atoms with Crippen molar-refractivity contribution in [1.29, 1.82) is 0 Å². The Labute approximate surface area is 125 Å². The molecule has 2 saturated heterocycles. The number of amides is 2. The number of aliphatic carboxylic acids is 1. The number of piperidine rings is 1. The van der Waals surface area contributed by atoms with Crippen LogP contribution in [0.3, 0.4) is 0 Å². The highest BCUT2D eigenvalue weighted by atomic mass is 16.4. The first kappa shape index (κ1) is 15.9. The number of likely N-dealkylation sites (N-methyl/N-ethyl adjacent to an activating group) is 1. The van der Waals surface area contributed by atoms with Crippen LogP contribution in [-0.2, 0) is 14.4 Å². The monoisotopic (exact) mass is 296 g/mol. The van der Waals surface area contributed by atoms with Crippen molar-refractivity contribution < 1.29 is 19.5 Å². The number of likely N-dealkylation sites (tertiary alicyclic amines) is 2. The van der Waals surface area contributed by atoms with Gasteiger partial charge in [-0.15, -0.1) is 0 Å². The average Bonchev–Trinajstić information content (AvgIpc) is 2.73. The summed E-state index contributed by atoms with van der Waals surface area (Å²) in [5.41, 5.74) is 0. The summed E-state index contributed by atoms with van der Waals surface area (Å²) in [6.07, 6.45) is 2.39. The smallest absolute Gasteiger partial charge is 0.303 e. The van der Waals surface area contributed by atoms with E-state index in [4.69, 9.17) is 5.11 Å². The highest BCUT2D eigenvalue weighted by Gasteiger charge is 2.42. The van der Waals surface area contributed by atoms with Crippen LogP contribution in [0, 0.1) is 11.8 Å². The maximum atomic E-state index is 12.3. The number of carbonyl (C=O) groups is 3. The molecular formula is C15H24N2O4. The average molecular weight is 296 g/mol. The van der Waals surface area contributed by atoms with Crippen LogP contribution < -0.4 is 0 Å². The van der Waals surface area contributed by atoms with Crippen molar-refractivity contribution in [3.05, 3.63) is 0 Å². The molecule has 0 radical (unpaired) electrons. The lowest BCUT2D eigenvalue weighted by Crippen LogP contribution is -2.47. The van der Waals surface area contributed by atoms with Crippen molar-refractivity contribution in [1.82, 2.24) is 9.80 Å². The van der Waals surface area contributed by atoms with Gasteiger partial charge in [0.1, 0.15) is 0 Å². The summed E-state index contributed by atoms with van der Waals surface area (Å²) in [5.74, 6) is -0.570. The van der Waals surface area contributed by atoms with Crippen LogP contribution in [0.25, 0.3) is 0 Å². The molecule has 6 heteroatoms. The molecule has 2 fully saturated rings. The van der Waals surface area contributed by atoms with E-state index in [0.717, 1.165) is 25.9 Å². The summed E-state index contributed by atoms with van der Waals surface area (Å²) in [5, 5.41) is 8.92. The molecule has 3 unspecified atom stereocenters. The van der Waals surface area contributed by atoms with Crippen LogP contribution in [0.15, 0.2) is 0 Å². The fraction of sp³-hybridized carbons (Fsp3) is 0.800. The van der Waals surface area contributed by atoms with Gasteiger partial charge in [0.25, 0.3) is 0 Å². The van der Waals surface area contributed by atoms with Gasteiger partial charge in [0.15, 0.2) is 0 Å². The molecule has 0 aliphatic carbocycles. The molecule has 0 spiro atoms. The van der Waals surface area contributed by atoms with Gasteiger partial charge >= 0.3 is 5.97 Å². The quantitative estimate of drug-likeness (QED) is 0.764. The molecule has 0 aromatic heterocycles. The van der Waals surface area contributed by atoms with E-state index in [2.05, 4.69) is 4.90 Å². The Bertz CT molecular complexity index is 437. The van der Waals surface area contributed by atoms with Gasteiger partial charge in [0, 0.05) is 19.5 Å². The molecule has 0 aromatic rings. The van der Waals surface area contributed by atoms with Crippen molar-refractivity contribution in [2.75, 3.05) is 19.6 Å². The molecule has 118 valence electrons. The molecule has 21 heavy (non-hydrogen) atoms. The zero-order valence-electron chi connectivity index (χ0n) is 12.7. The van der Waals surface area contributed by atoms with E-state index in [9.17, 15) is 14.4 Å². The van der Waals surface area contributed by atoms with Gasteiger partial charge in [0.05, 0.1) is 12.5 Å². The lowest BCUT2D eigenvalue weighted by molar-refractivity contribution is -0.141. The van der Waals surface area contributed by atoms with E-state index < -0.39 is 5.97 Å². The normalized spacial score (nSPS) is 29.0. The van der Waals surface area contributed by atoms with Crippen molar-refractivity contribution in [2.45, 2.75) is 45.6 Å². The second-order valence-corrected chi connectivity index (χ2v) is 6.17. The van der Waals surface area contributed by atoms with Crippen LogP contribution in [0.2, 0.25) is 0 Å². The zero-order chi connectivity index (χ0) is 15.6. The zero-order valence-corrected chi connectivity index (χ0v) is 12.7. The minimum absolute atomic E-state index is 0.0889. The maximum absolute atomic E-state index is 12.3. The summed E-state index contributed by atoms with van der Waals surface area (Å²) >= 11 is 0. The number of nitrogens with zero attached hydrogens (tertiary/aromatic N) is 2. The maximum Gasteiger partial charge on any atom is 0.303 e. The molecule has 2 amide bonds. The molecule has 1 N–H and O–H groups in total. The van der Waals surface area contributed by atoms with Crippen LogP contribution >= 0.6 is 0 Å². The summed E-state index contributed by atoms with van der Waals surface area (Å²) in [6, 6.07) is -0.336. The first-order valence-electron chi connectivity index (χ1n) is 7.74. The van der Waals surface area contributed by atoms with Crippen LogP contribution in [0.4, 0.5) is 0 Å². The molecule has 3 atom stereocenters. The van der Waals surface area contributed by atoms with E-state index in [1.807, 2.05) is 13.8 Å². The molecule has 2 aliphatic heterocycles. The molecule has 2 heterocycles. The number of hydrogen-bond acceptors (Lipinski definition) is 4. The standard InChI is InChI=1S/C15H24N2O4/c1-3-17-13(18)8-12(15(17)21)16-6-4-5-11(9-16)10(2)7-14(19)20/h10-12H,3-9H2,1-2H3,(H,19,20). The Balaban J connectivity index is 2.00. The fourth-order valence-corrected chi connectivity index (χ4v) is 3.51. The second-order valence-electron chi connectivity index (χ2n) is 6.17. The highest BCUT2D eigenvalue weighted by Crippen LogP contribution is 2.29. The van der Waals surface area contributed by atoms with E-state index in [-0.39, 0.29) is 42.5 Å². The largest absolute Gasteiger partial charge is 0.481 e. The molecular weight excluding hydrogens is 272 g/mol. The van der Waals surface area contributed by atoms with Gasteiger partial charge in [-0.2, -0.15) is 0 Å². The van der Waals surface area contributed by atoms with Crippen LogP contribution in [0.5, 0.6) is 0 Å². The van der Waals surface area contributed by atoms with Gasteiger partial charge in [-0.25, -0.2) is 0 Å². The Hall–Kier alpha value is -1.43. The van der Waals surface area contributed by atoms with Crippen LogP contribution in [-0.4, -0.2) is 58.4 Å². The van der Waals surface area contributed by atoms with Crippen molar-refractivity contribution in [3.63, 3.8) is 0 Å². The van der Waals surface area contributed by atoms with E-state index in [0.29, 0.717) is 6.54 Å². The number of hydrogen-bond donors (Lipinski definition) is 1. The number of imide groups is 1. The lowest BCUT2D eigenvalue weighted by Gasteiger charge is -2.37. The van der Waals surface area contributed by atoms with E-state index in [1.54, 1.807) is 0 Å². The third-order valence-corrected chi connectivity index (χ3v) is 4.77. The third-order valence-electron chi connectivity index (χ3n) is 4.77. The van der Waals surface area contributed by atoms with Gasteiger partial charge < -0.3 is 5.11 Å². The Morgan fingerprint density at radius 3 is 2.71 bits per heavy atom. The van der Waals surface area contributed by atoms with Gasteiger partial charge in [-0.3, -0.25) is 24.2 Å². The number of carbonyl (C=O) groups excluding carboxylic acids is 2. The Kier molecular flexibility index (Phi) is 4.98. The SMILES string of the molecule is CCN1C(=O)CC(N2CCCC(C(C)CC(=O)O)C2)C1=O. The molecule has 2 aliphatic rings. The number of carboxylic acids is 1. The van der Waals surface area contributed by atoms with Gasteiger partial charge in [0.2, 0.25) is 11.8 Å². The first-order chi connectivity index (χ1) is 9.93. The van der Waals surface area contributed by atoms with Crippen LogP contribution in [0.1, 0.15) is 39.5 Å². The van der Waals surface area contributed by atoms with Gasteiger partial charge in [-0.1, -0.05) is 6.92 Å². The second kappa shape index (κ2) is 6.56. The molecule has 2 rings (SSSR count). The molecule has 0 saturated carbocycles. The minimum Gasteiger partial charge on any atom is -0.481 e. The summed E-state index contributed by atoms with van der Waals surface area (Å²) in [7, 11) is 0. The van der Waals surface area contributed by atoms with E-state index >= 15 is 0 Å². The van der Waals surface area contributed by atoms with Crippen molar-refractivity contribution in [3.8, 4) is 0 Å². The van der Waals surface area contributed by atoms with Gasteiger partial charge in [-0.05, 0) is 38.1 Å². The highest BCUT2D eigenvalue weighted by molar-refractivity contribution is 6.05. The van der Waals surface area contributed by atoms with Crippen molar-refractivity contribution in [2.24, 2.45) is 11.8 Å². The predicted octanol–water partition coefficient (Wildman–Crippen LogP) is 0.957.